The van der Waals surface area contributed by atoms with Crippen molar-refractivity contribution in [2.24, 2.45) is 5.41 Å². The minimum Gasteiger partial charge on any atom is -0.294 e. The highest BCUT2D eigenvalue weighted by Crippen LogP contribution is 2.33. The summed E-state index contributed by atoms with van der Waals surface area (Å²) in [5, 5.41) is 2.37. The van der Waals surface area contributed by atoms with Gasteiger partial charge in [0.15, 0.2) is 5.78 Å². The molecule has 0 unspecified atom stereocenters. The highest BCUT2D eigenvalue weighted by Gasteiger charge is 2.25. The van der Waals surface area contributed by atoms with Crippen LogP contribution in [0.5, 0.6) is 0 Å². The second-order valence-corrected chi connectivity index (χ2v) is 6.65. The molecule has 0 saturated heterocycles. The summed E-state index contributed by atoms with van der Waals surface area (Å²) in [6.07, 6.45) is 0. The average molecular weight is 288 g/mol. The number of hydrogen-bond acceptors (Lipinski definition) is 1. The predicted molar refractivity (Wildman–Crippen MR) is 93.2 cm³/mol. The quantitative estimate of drug-likeness (QED) is 0.550. The Bertz CT molecular complexity index is 832. The van der Waals surface area contributed by atoms with Gasteiger partial charge in [0.1, 0.15) is 0 Å². The standard InChI is InChI=1S/C21H20O/c1-21(2,3)20(22)19-13-7-6-12-18(19)17-14-8-10-15-9-4-5-11-16(15)17/h4-14H,1-3H3. The maximum Gasteiger partial charge on any atom is 0.168 e. The molecule has 0 radical (unpaired) electrons. The molecule has 0 aliphatic rings. The normalized spacial score (nSPS) is 11.6. The van der Waals surface area contributed by atoms with E-state index in [4.69, 9.17) is 0 Å². The molecule has 0 atom stereocenters. The fourth-order valence-electron chi connectivity index (χ4n) is 2.78. The van der Waals surface area contributed by atoms with Crippen LogP contribution >= 0.6 is 0 Å². The van der Waals surface area contributed by atoms with E-state index in [2.05, 4.69) is 30.3 Å². The van der Waals surface area contributed by atoms with Crippen LogP contribution in [0.3, 0.4) is 0 Å². The van der Waals surface area contributed by atoms with E-state index in [9.17, 15) is 4.79 Å². The molecule has 0 saturated carbocycles. The number of carbonyl (C=O) groups is 1. The second kappa shape index (κ2) is 5.42. The lowest BCUT2D eigenvalue weighted by Crippen LogP contribution is -2.20. The van der Waals surface area contributed by atoms with Crippen LogP contribution in [0, 0.1) is 5.41 Å². The molecule has 0 bridgehead atoms. The highest BCUT2D eigenvalue weighted by atomic mass is 16.1. The van der Waals surface area contributed by atoms with E-state index < -0.39 is 0 Å². The molecule has 3 aromatic carbocycles. The first kappa shape index (κ1) is 14.5. The molecule has 0 aromatic heterocycles. The average Bonchev–Trinajstić information content (AvgIpc) is 2.53. The molecule has 110 valence electrons. The zero-order valence-corrected chi connectivity index (χ0v) is 13.3. The summed E-state index contributed by atoms with van der Waals surface area (Å²) in [5.74, 6) is 0.177. The Morgan fingerprint density at radius 3 is 2.09 bits per heavy atom. The highest BCUT2D eigenvalue weighted by molar-refractivity contribution is 6.08. The summed E-state index contributed by atoms with van der Waals surface area (Å²) in [7, 11) is 0. The maximum atomic E-state index is 12.8. The van der Waals surface area contributed by atoms with E-state index in [1.807, 2.05) is 57.2 Å². The van der Waals surface area contributed by atoms with Gasteiger partial charge in [0, 0.05) is 11.0 Å². The summed E-state index contributed by atoms with van der Waals surface area (Å²) in [6.45, 7) is 5.90. The van der Waals surface area contributed by atoms with Crippen LogP contribution in [0.25, 0.3) is 21.9 Å². The van der Waals surface area contributed by atoms with E-state index in [1.165, 1.54) is 10.8 Å². The zero-order valence-electron chi connectivity index (χ0n) is 13.3. The molecule has 3 rings (SSSR count). The first-order valence-corrected chi connectivity index (χ1v) is 7.60. The molecule has 0 amide bonds. The van der Waals surface area contributed by atoms with Crippen molar-refractivity contribution in [3.05, 3.63) is 72.3 Å². The van der Waals surface area contributed by atoms with Gasteiger partial charge in [-0.25, -0.2) is 0 Å². The summed E-state index contributed by atoms with van der Waals surface area (Å²) >= 11 is 0. The van der Waals surface area contributed by atoms with Crippen LogP contribution in [0.2, 0.25) is 0 Å². The van der Waals surface area contributed by atoms with Crippen molar-refractivity contribution in [3.8, 4) is 11.1 Å². The molecule has 1 heteroatoms. The van der Waals surface area contributed by atoms with Crippen molar-refractivity contribution in [2.75, 3.05) is 0 Å². The van der Waals surface area contributed by atoms with Crippen LogP contribution in [-0.4, -0.2) is 5.78 Å². The number of Topliss-reactive ketones (excluding diaryl/α,β-unsaturated/α-hetero) is 1. The SMILES string of the molecule is CC(C)(C)C(=O)c1ccccc1-c1cccc2ccccc12. The van der Waals surface area contributed by atoms with Crippen LogP contribution in [-0.2, 0) is 0 Å². The molecule has 0 spiro atoms. The molecule has 22 heavy (non-hydrogen) atoms. The van der Waals surface area contributed by atoms with Crippen LogP contribution in [0.4, 0.5) is 0 Å². The van der Waals surface area contributed by atoms with E-state index >= 15 is 0 Å². The Labute approximate surface area is 131 Å². The van der Waals surface area contributed by atoms with Gasteiger partial charge in [-0.05, 0) is 21.9 Å². The largest absolute Gasteiger partial charge is 0.294 e. The van der Waals surface area contributed by atoms with Crippen LogP contribution < -0.4 is 0 Å². The number of hydrogen-bond donors (Lipinski definition) is 0. The monoisotopic (exact) mass is 288 g/mol. The zero-order chi connectivity index (χ0) is 15.7. The molecule has 0 aliphatic carbocycles. The Hall–Kier alpha value is -2.41. The molecule has 0 aliphatic heterocycles. The van der Waals surface area contributed by atoms with Gasteiger partial charge in [0.2, 0.25) is 0 Å². The van der Waals surface area contributed by atoms with E-state index in [0.29, 0.717) is 0 Å². The Balaban J connectivity index is 2.27. The smallest absolute Gasteiger partial charge is 0.168 e. The lowest BCUT2D eigenvalue weighted by molar-refractivity contribution is 0.0859. The van der Waals surface area contributed by atoms with Crippen molar-refractivity contribution >= 4 is 16.6 Å². The van der Waals surface area contributed by atoms with E-state index in [-0.39, 0.29) is 11.2 Å². The lowest BCUT2D eigenvalue weighted by atomic mass is 9.83. The van der Waals surface area contributed by atoms with Gasteiger partial charge in [-0.15, -0.1) is 0 Å². The molecular formula is C21H20O. The van der Waals surface area contributed by atoms with Crippen LogP contribution in [0.15, 0.2) is 66.7 Å². The summed E-state index contributed by atoms with van der Waals surface area (Å²) in [5.41, 5.74) is 2.54. The number of fused-ring (bicyclic) bond motifs is 1. The third-order valence-electron chi connectivity index (χ3n) is 3.93. The lowest BCUT2D eigenvalue weighted by Gasteiger charge is -2.19. The van der Waals surface area contributed by atoms with E-state index in [1.54, 1.807) is 0 Å². The van der Waals surface area contributed by atoms with Gasteiger partial charge in [-0.1, -0.05) is 87.5 Å². The number of ketones is 1. The first-order chi connectivity index (χ1) is 10.5. The third-order valence-corrected chi connectivity index (χ3v) is 3.93. The van der Waals surface area contributed by atoms with Crippen molar-refractivity contribution in [2.45, 2.75) is 20.8 Å². The van der Waals surface area contributed by atoms with Gasteiger partial charge in [-0.2, -0.15) is 0 Å². The Morgan fingerprint density at radius 2 is 1.32 bits per heavy atom. The van der Waals surface area contributed by atoms with Gasteiger partial charge in [0.25, 0.3) is 0 Å². The summed E-state index contributed by atoms with van der Waals surface area (Å²) < 4.78 is 0. The summed E-state index contributed by atoms with van der Waals surface area (Å²) in [4.78, 5) is 12.8. The first-order valence-electron chi connectivity index (χ1n) is 7.60. The van der Waals surface area contributed by atoms with Gasteiger partial charge >= 0.3 is 0 Å². The van der Waals surface area contributed by atoms with Crippen molar-refractivity contribution in [3.63, 3.8) is 0 Å². The van der Waals surface area contributed by atoms with Crippen molar-refractivity contribution < 1.29 is 4.79 Å². The van der Waals surface area contributed by atoms with E-state index in [0.717, 1.165) is 16.7 Å². The number of rotatable bonds is 2. The van der Waals surface area contributed by atoms with Crippen LogP contribution in [0.1, 0.15) is 31.1 Å². The van der Waals surface area contributed by atoms with Crippen molar-refractivity contribution in [1.29, 1.82) is 0 Å². The van der Waals surface area contributed by atoms with Gasteiger partial charge < -0.3 is 0 Å². The van der Waals surface area contributed by atoms with Gasteiger partial charge in [0.05, 0.1) is 0 Å². The molecule has 0 heterocycles. The Kier molecular flexibility index (Phi) is 3.58. The predicted octanol–water partition coefficient (Wildman–Crippen LogP) is 5.74. The fraction of sp³-hybridized carbons (Fsp3) is 0.190. The Morgan fingerprint density at radius 1 is 0.727 bits per heavy atom. The molecular weight excluding hydrogens is 268 g/mol. The summed E-state index contributed by atoms with van der Waals surface area (Å²) in [6, 6.07) is 22.5. The topological polar surface area (TPSA) is 17.1 Å². The molecule has 0 N–H and O–H groups in total. The van der Waals surface area contributed by atoms with Gasteiger partial charge in [-0.3, -0.25) is 4.79 Å². The molecule has 3 aromatic rings. The maximum absolute atomic E-state index is 12.8. The number of carbonyl (C=O) groups excluding carboxylic acids is 1. The third kappa shape index (κ3) is 2.55. The molecule has 0 fully saturated rings. The minimum atomic E-state index is -0.388. The number of benzene rings is 3. The molecule has 1 nitrogen and oxygen atoms in total. The fourth-order valence-corrected chi connectivity index (χ4v) is 2.78. The second-order valence-electron chi connectivity index (χ2n) is 6.65. The van der Waals surface area contributed by atoms with Crippen molar-refractivity contribution in [1.82, 2.24) is 0 Å². The minimum absolute atomic E-state index is 0.177.